The van der Waals surface area contributed by atoms with Gasteiger partial charge in [0, 0.05) is 24.5 Å². The molecule has 126 valence electrons. The summed E-state index contributed by atoms with van der Waals surface area (Å²) in [7, 11) is 0. The molecule has 1 aromatic rings. The van der Waals surface area contributed by atoms with Crippen molar-refractivity contribution in [2.75, 3.05) is 43.0 Å². The van der Waals surface area contributed by atoms with Crippen LogP contribution in [0.15, 0.2) is 24.3 Å². The predicted molar refractivity (Wildman–Crippen MR) is 98.3 cm³/mol. The molecule has 1 N–H and O–H groups in total. The summed E-state index contributed by atoms with van der Waals surface area (Å²) in [6.45, 7) is 6.30. The number of aryl methyl sites for hydroxylation is 1. The number of nitrogens with zero attached hydrogens (tertiary/aromatic N) is 2. The van der Waals surface area contributed by atoms with E-state index in [4.69, 9.17) is 0 Å². The van der Waals surface area contributed by atoms with E-state index in [-0.39, 0.29) is 6.03 Å². The number of benzene rings is 1. The molecule has 2 aliphatic rings. The van der Waals surface area contributed by atoms with Crippen molar-refractivity contribution in [2.24, 2.45) is 0 Å². The molecule has 1 aromatic carbocycles. The molecule has 2 aliphatic heterocycles. The first-order valence-electron chi connectivity index (χ1n) is 8.67. The van der Waals surface area contributed by atoms with Crippen molar-refractivity contribution < 1.29 is 4.79 Å². The first-order chi connectivity index (χ1) is 11.2. The summed E-state index contributed by atoms with van der Waals surface area (Å²) in [4.78, 5) is 17.4. The molecule has 0 saturated carbocycles. The van der Waals surface area contributed by atoms with Crippen LogP contribution in [-0.4, -0.2) is 59.6 Å². The standard InChI is InChI=1S/C18H27N3OS/c1-15-7-2-3-8-17(15)19-18(22)21-11-6-12-23-14-16(21)13-20-9-4-5-10-20/h2-3,7-8,16H,4-6,9-14H2,1H3,(H,19,22). The van der Waals surface area contributed by atoms with Crippen LogP contribution in [0.3, 0.4) is 0 Å². The van der Waals surface area contributed by atoms with Gasteiger partial charge in [-0.1, -0.05) is 18.2 Å². The minimum absolute atomic E-state index is 0.0611. The highest BCUT2D eigenvalue weighted by atomic mass is 32.2. The fourth-order valence-corrected chi connectivity index (χ4v) is 4.47. The monoisotopic (exact) mass is 333 g/mol. The van der Waals surface area contributed by atoms with Gasteiger partial charge in [-0.3, -0.25) is 0 Å². The number of thioether (sulfide) groups is 1. The molecule has 2 saturated heterocycles. The summed E-state index contributed by atoms with van der Waals surface area (Å²) in [5.41, 5.74) is 2.04. The second-order valence-corrected chi connectivity index (χ2v) is 7.68. The molecular weight excluding hydrogens is 306 g/mol. The number of para-hydroxylation sites is 1. The zero-order valence-electron chi connectivity index (χ0n) is 14.0. The molecule has 2 heterocycles. The van der Waals surface area contributed by atoms with E-state index in [2.05, 4.69) is 15.1 Å². The van der Waals surface area contributed by atoms with Crippen LogP contribution >= 0.6 is 11.8 Å². The molecule has 23 heavy (non-hydrogen) atoms. The van der Waals surface area contributed by atoms with E-state index in [9.17, 15) is 4.79 Å². The molecule has 1 unspecified atom stereocenters. The Morgan fingerprint density at radius 1 is 1.22 bits per heavy atom. The maximum absolute atomic E-state index is 12.8. The van der Waals surface area contributed by atoms with Gasteiger partial charge in [-0.2, -0.15) is 11.8 Å². The maximum atomic E-state index is 12.8. The fraction of sp³-hybridized carbons (Fsp3) is 0.611. The number of likely N-dealkylation sites (tertiary alicyclic amines) is 1. The van der Waals surface area contributed by atoms with E-state index in [0.29, 0.717) is 6.04 Å². The summed E-state index contributed by atoms with van der Waals surface area (Å²) in [5, 5.41) is 3.12. The van der Waals surface area contributed by atoms with Crippen LogP contribution in [0.2, 0.25) is 0 Å². The van der Waals surface area contributed by atoms with Crippen molar-refractivity contribution >= 4 is 23.5 Å². The molecule has 0 radical (unpaired) electrons. The van der Waals surface area contributed by atoms with Gasteiger partial charge in [-0.05, 0) is 56.7 Å². The molecule has 2 amide bonds. The maximum Gasteiger partial charge on any atom is 0.322 e. The summed E-state index contributed by atoms with van der Waals surface area (Å²) >= 11 is 1.99. The van der Waals surface area contributed by atoms with Gasteiger partial charge in [0.25, 0.3) is 0 Å². The van der Waals surface area contributed by atoms with Crippen molar-refractivity contribution in [3.8, 4) is 0 Å². The Morgan fingerprint density at radius 3 is 2.78 bits per heavy atom. The normalized spacial score (nSPS) is 22.8. The average Bonchev–Trinajstić information content (AvgIpc) is 2.94. The number of carbonyl (C=O) groups excluding carboxylic acids is 1. The molecule has 0 aromatic heterocycles. The first kappa shape index (κ1) is 16.7. The summed E-state index contributed by atoms with van der Waals surface area (Å²) < 4.78 is 0. The number of carbonyl (C=O) groups is 1. The molecule has 0 aliphatic carbocycles. The van der Waals surface area contributed by atoms with E-state index in [1.54, 1.807) is 0 Å². The van der Waals surface area contributed by atoms with Crippen LogP contribution < -0.4 is 5.32 Å². The molecule has 4 nitrogen and oxygen atoms in total. The second-order valence-electron chi connectivity index (χ2n) is 6.53. The minimum atomic E-state index is 0.0611. The third-order valence-corrected chi connectivity index (χ3v) is 5.95. The molecule has 2 fully saturated rings. The highest BCUT2D eigenvalue weighted by molar-refractivity contribution is 7.99. The lowest BCUT2D eigenvalue weighted by Gasteiger charge is -2.32. The SMILES string of the molecule is Cc1ccccc1NC(=O)N1CCCSCC1CN1CCCC1. The second kappa shape index (κ2) is 8.06. The highest BCUT2D eigenvalue weighted by Crippen LogP contribution is 2.21. The Morgan fingerprint density at radius 2 is 2.00 bits per heavy atom. The lowest BCUT2D eigenvalue weighted by atomic mass is 10.2. The lowest BCUT2D eigenvalue weighted by molar-refractivity contribution is 0.173. The van der Waals surface area contributed by atoms with E-state index < -0.39 is 0 Å². The largest absolute Gasteiger partial charge is 0.322 e. The summed E-state index contributed by atoms with van der Waals surface area (Å²) in [5.74, 6) is 2.21. The number of nitrogens with one attached hydrogen (secondary N) is 1. The third-order valence-electron chi connectivity index (χ3n) is 4.75. The van der Waals surface area contributed by atoms with Gasteiger partial charge in [0.05, 0.1) is 6.04 Å². The Kier molecular flexibility index (Phi) is 5.84. The number of rotatable bonds is 3. The van der Waals surface area contributed by atoms with Crippen LogP contribution in [-0.2, 0) is 0 Å². The Hall–Kier alpha value is -1.20. The van der Waals surface area contributed by atoms with E-state index in [0.717, 1.165) is 42.3 Å². The number of hydrogen-bond acceptors (Lipinski definition) is 3. The molecule has 5 heteroatoms. The van der Waals surface area contributed by atoms with Gasteiger partial charge in [0.2, 0.25) is 0 Å². The van der Waals surface area contributed by atoms with Gasteiger partial charge in [0.1, 0.15) is 0 Å². The van der Waals surface area contributed by atoms with Gasteiger partial charge < -0.3 is 15.1 Å². The van der Waals surface area contributed by atoms with E-state index in [1.807, 2.05) is 43.0 Å². The number of amides is 2. The van der Waals surface area contributed by atoms with Crippen LogP contribution in [0.5, 0.6) is 0 Å². The molecule has 0 spiro atoms. The lowest BCUT2D eigenvalue weighted by Crippen LogP contribution is -2.49. The quantitative estimate of drug-likeness (QED) is 0.920. The van der Waals surface area contributed by atoms with Crippen molar-refractivity contribution in [3.63, 3.8) is 0 Å². The van der Waals surface area contributed by atoms with Crippen LogP contribution in [0.25, 0.3) is 0 Å². The number of urea groups is 1. The van der Waals surface area contributed by atoms with Crippen molar-refractivity contribution in [3.05, 3.63) is 29.8 Å². The number of anilines is 1. The van der Waals surface area contributed by atoms with Gasteiger partial charge in [-0.15, -0.1) is 0 Å². The minimum Gasteiger partial charge on any atom is -0.319 e. The Balaban J connectivity index is 1.68. The molecule has 0 bridgehead atoms. The molecule has 3 rings (SSSR count). The van der Waals surface area contributed by atoms with Gasteiger partial charge >= 0.3 is 6.03 Å². The van der Waals surface area contributed by atoms with Crippen molar-refractivity contribution in [2.45, 2.75) is 32.2 Å². The van der Waals surface area contributed by atoms with Gasteiger partial charge in [0.15, 0.2) is 0 Å². The van der Waals surface area contributed by atoms with E-state index in [1.165, 1.54) is 25.9 Å². The van der Waals surface area contributed by atoms with Crippen molar-refractivity contribution in [1.82, 2.24) is 9.80 Å². The molecule has 1 atom stereocenters. The molecular formula is C18H27N3OS. The third kappa shape index (κ3) is 4.42. The smallest absolute Gasteiger partial charge is 0.319 e. The van der Waals surface area contributed by atoms with E-state index >= 15 is 0 Å². The summed E-state index contributed by atoms with van der Waals surface area (Å²) in [6.07, 6.45) is 3.69. The number of hydrogen-bond donors (Lipinski definition) is 1. The fourth-order valence-electron chi connectivity index (χ4n) is 3.41. The van der Waals surface area contributed by atoms with Crippen molar-refractivity contribution in [1.29, 1.82) is 0 Å². The topological polar surface area (TPSA) is 35.6 Å². The van der Waals surface area contributed by atoms with Crippen LogP contribution in [0.4, 0.5) is 10.5 Å². The predicted octanol–water partition coefficient (Wildman–Crippen LogP) is 3.43. The van der Waals surface area contributed by atoms with Crippen LogP contribution in [0.1, 0.15) is 24.8 Å². The Labute approximate surface area is 143 Å². The average molecular weight is 334 g/mol. The highest BCUT2D eigenvalue weighted by Gasteiger charge is 2.28. The summed E-state index contributed by atoms with van der Waals surface area (Å²) in [6, 6.07) is 8.38. The van der Waals surface area contributed by atoms with Gasteiger partial charge in [-0.25, -0.2) is 4.79 Å². The zero-order valence-corrected chi connectivity index (χ0v) is 14.8. The first-order valence-corrected chi connectivity index (χ1v) is 9.83. The zero-order chi connectivity index (χ0) is 16.1. The van der Waals surface area contributed by atoms with Crippen LogP contribution in [0, 0.1) is 6.92 Å². The Bertz CT molecular complexity index is 531.